The van der Waals surface area contributed by atoms with Crippen LogP contribution in [0.2, 0.25) is 0 Å². The number of benzene rings is 2. The molecule has 0 radical (unpaired) electrons. The number of hydrogen-bond acceptors (Lipinski definition) is 5. The molecular weight excluding hydrogens is 418 g/mol. The SMILES string of the molecule is Cc1cc(S(=O)(=O)Nc2ccccc2-n2ncc(C#N)c2N)ccc1Br. The van der Waals surface area contributed by atoms with Crippen LogP contribution < -0.4 is 10.5 Å². The Labute approximate surface area is 159 Å². The third kappa shape index (κ3) is 3.29. The van der Waals surface area contributed by atoms with Crippen LogP contribution in [0.25, 0.3) is 5.69 Å². The van der Waals surface area contributed by atoms with Gasteiger partial charge in [-0.25, -0.2) is 13.1 Å². The van der Waals surface area contributed by atoms with Crippen molar-refractivity contribution in [3.63, 3.8) is 0 Å². The van der Waals surface area contributed by atoms with Crippen molar-refractivity contribution < 1.29 is 8.42 Å². The van der Waals surface area contributed by atoms with Crippen LogP contribution in [0.1, 0.15) is 11.1 Å². The van der Waals surface area contributed by atoms with Crippen molar-refractivity contribution in [1.29, 1.82) is 5.26 Å². The molecule has 0 fully saturated rings. The molecule has 3 aromatic rings. The molecule has 7 nitrogen and oxygen atoms in total. The fourth-order valence-corrected chi connectivity index (χ4v) is 3.77. The Morgan fingerprint density at radius 2 is 2.00 bits per heavy atom. The molecule has 0 saturated carbocycles. The van der Waals surface area contributed by atoms with Crippen LogP contribution in [0.15, 0.2) is 58.0 Å². The second-order valence-electron chi connectivity index (χ2n) is 5.50. The van der Waals surface area contributed by atoms with E-state index in [2.05, 4.69) is 25.8 Å². The highest BCUT2D eigenvalue weighted by Gasteiger charge is 2.19. The first-order valence-electron chi connectivity index (χ1n) is 7.45. The molecular formula is C17H14BrN5O2S. The highest BCUT2D eigenvalue weighted by Crippen LogP contribution is 2.27. The van der Waals surface area contributed by atoms with Crippen molar-refractivity contribution >= 4 is 37.5 Å². The van der Waals surface area contributed by atoms with E-state index in [9.17, 15) is 8.42 Å². The second-order valence-corrected chi connectivity index (χ2v) is 8.04. The first-order valence-corrected chi connectivity index (χ1v) is 9.73. The summed E-state index contributed by atoms with van der Waals surface area (Å²) in [5.41, 5.74) is 7.66. The minimum absolute atomic E-state index is 0.138. The summed E-state index contributed by atoms with van der Waals surface area (Å²) < 4.78 is 30.2. The van der Waals surface area contributed by atoms with Gasteiger partial charge in [0.2, 0.25) is 0 Å². The first kappa shape index (κ1) is 18.0. The molecule has 1 heterocycles. The van der Waals surface area contributed by atoms with E-state index in [1.54, 1.807) is 36.4 Å². The van der Waals surface area contributed by atoms with Crippen molar-refractivity contribution in [2.45, 2.75) is 11.8 Å². The summed E-state index contributed by atoms with van der Waals surface area (Å²) in [6.07, 6.45) is 1.33. The van der Waals surface area contributed by atoms with E-state index in [4.69, 9.17) is 11.0 Å². The maximum absolute atomic E-state index is 12.8. The van der Waals surface area contributed by atoms with Gasteiger partial charge in [0.05, 0.1) is 22.5 Å². The van der Waals surface area contributed by atoms with Crippen LogP contribution in [0.5, 0.6) is 0 Å². The molecule has 26 heavy (non-hydrogen) atoms. The predicted molar refractivity (Wildman–Crippen MR) is 102 cm³/mol. The van der Waals surface area contributed by atoms with Gasteiger partial charge >= 0.3 is 0 Å². The van der Waals surface area contributed by atoms with Gasteiger partial charge in [0.25, 0.3) is 10.0 Å². The number of nitrogens with two attached hydrogens (primary N) is 1. The molecule has 0 aliphatic carbocycles. The third-order valence-corrected chi connectivity index (χ3v) is 6.00. The number of sulfonamides is 1. The lowest BCUT2D eigenvalue weighted by Crippen LogP contribution is -2.15. The lowest BCUT2D eigenvalue weighted by molar-refractivity contribution is 0.601. The largest absolute Gasteiger partial charge is 0.382 e. The van der Waals surface area contributed by atoms with Gasteiger partial charge in [-0.1, -0.05) is 28.1 Å². The topological polar surface area (TPSA) is 114 Å². The molecule has 2 aromatic carbocycles. The van der Waals surface area contributed by atoms with E-state index in [1.165, 1.54) is 16.9 Å². The van der Waals surface area contributed by atoms with E-state index < -0.39 is 10.0 Å². The number of rotatable bonds is 4. The molecule has 0 saturated heterocycles. The minimum atomic E-state index is -3.81. The Bertz CT molecular complexity index is 1130. The van der Waals surface area contributed by atoms with Crippen molar-refractivity contribution in [2.75, 3.05) is 10.5 Å². The van der Waals surface area contributed by atoms with Gasteiger partial charge in [-0.05, 0) is 42.8 Å². The van der Waals surface area contributed by atoms with Gasteiger partial charge in [-0.15, -0.1) is 0 Å². The van der Waals surface area contributed by atoms with Crippen LogP contribution in [-0.2, 0) is 10.0 Å². The number of para-hydroxylation sites is 2. The number of halogens is 1. The summed E-state index contributed by atoms with van der Waals surface area (Å²) in [4.78, 5) is 0.138. The molecule has 132 valence electrons. The van der Waals surface area contributed by atoms with Crippen molar-refractivity contribution in [3.05, 3.63) is 64.3 Å². The molecule has 3 rings (SSSR count). The van der Waals surface area contributed by atoms with Crippen LogP contribution in [0.3, 0.4) is 0 Å². The quantitative estimate of drug-likeness (QED) is 0.657. The normalized spacial score (nSPS) is 11.1. The van der Waals surface area contributed by atoms with Gasteiger partial charge in [-0.2, -0.15) is 10.4 Å². The van der Waals surface area contributed by atoms with E-state index in [1.807, 2.05) is 13.0 Å². The highest BCUT2D eigenvalue weighted by atomic mass is 79.9. The van der Waals surface area contributed by atoms with Crippen molar-refractivity contribution in [3.8, 4) is 11.8 Å². The minimum Gasteiger partial charge on any atom is -0.382 e. The van der Waals surface area contributed by atoms with Crippen LogP contribution in [0.4, 0.5) is 11.5 Å². The zero-order chi connectivity index (χ0) is 18.9. The lowest BCUT2D eigenvalue weighted by Gasteiger charge is -2.14. The molecule has 0 amide bonds. The summed E-state index contributed by atoms with van der Waals surface area (Å²) in [6.45, 7) is 1.81. The Balaban J connectivity index is 2.04. The van der Waals surface area contributed by atoms with Gasteiger partial charge in [0.1, 0.15) is 17.5 Å². The van der Waals surface area contributed by atoms with E-state index in [-0.39, 0.29) is 16.3 Å². The smallest absolute Gasteiger partial charge is 0.261 e. The summed E-state index contributed by atoms with van der Waals surface area (Å²) in [6, 6.07) is 13.4. The lowest BCUT2D eigenvalue weighted by atomic mass is 10.2. The fourth-order valence-electron chi connectivity index (χ4n) is 2.37. The molecule has 0 atom stereocenters. The van der Waals surface area contributed by atoms with Crippen LogP contribution >= 0.6 is 15.9 Å². The molecule has 0 unspecified atom stereocenters. The average molecular weight is 432 g/mol. The van der Waals surface area contributed by atoms with E-state index >= 15 is 0 Å². The molecule has 0 aliphatic rings. The van der Waals surface area contributed by atoms with Crippen molar-refractivity contribution in [1.82, 2.24) is 9.78 Å². The fraction of sp³-hybridized carbons (Fsp3) is 0.0588. The maximum atomic E-state index is 12.8. The Hall–Kier alpha value is -2.83. The van der Waals surface area contributed by atoms with Crippen LogP contribution in [0, 0.1) is 18.3 Å². The third-order valence-electron chi connectivity index (χ3n) is 3.74. The van der Waals surface area contributed by atoms with Gasteiger partial charge in [0, 0.05) is 4.47 Å². The summed E-state index contributed by atoms with van der Waals surface area (Å²) in [7, 11) is -3.81. The second kappa shape index (κ2) is 6.82. The molecule has 0 spiro atoms. The summed E-state index contributed by atoms with van der Waals surface area (Å²) >= 11 is 3.36. The molecule has 0 aliphatic heterocycles. The predicted octanol–water partition coefficient (Wildman–Crippen LogP) is 3.20. The van der Waals surface area contributed by atoms with E-state index in [0.29, 0.717) is 11.4 Å². The van der Waals surface area contributed by atoms with Crippen LogP contribution in [-0.4, -0.2) is 18.2 Å². The van der Waals surface area contributed by atoms with Crippen molar-refractivity contribution in [2.24, 2.45) is 0 Å². The standard InChI is InChI=1S/C17H14BrN5O2S/c1-11-8-13(6-7-14(11)18)26(24,25)22-15-4-2-3-5-16(15)23-17(20)12(9-19)10-21-23/h2-8,10,22H,20H2,1H3. The molecule has 0 bridgehead atoms. The number of anilines is 2. The maximum Gasteiger partial charge on any atom is 0.261 e. The number of aromatic nitrogens is 2. The summed E-state index contributed by atoms with van der Waals surface area (Å²) in [5.74, 6) is 0.138. The first-order chi connectivity index (χ1) is 12.3. The number of nitrogen functional groups attached to an aromatic ring is 1. The molecule has 1 aromatic heterocycles. The zero-order valence-corrected chi connectivity index (χ0v) is 16.0. The summed E-state index contributed by atoms with van der Waals surface area (Å²) in [5, 5.41) is 13.1. The van der Waals surface area contributed by atoms with Gasteiger partial charge in [0.15, 0.2) is 0 Å². The van der Waals surface area contributed by atoms with Gasteiger partial charge < -0.3 is 5.73 Å². The number of aryl methyl sites for hydroxylation is 1. The number of nitrogens with one attached hydrogen (secondary N) is 1. The zero-order valence-electron chi connectivity index (χ0n) is 13.6. The number of nitrogens with zero attached hydrogens (tertiary/aromatic N) is 3. The van der Waals surface area contributed by atoms with Gasteiger partial charge in [-0.3, -0.25) is 4.72 Å². The Kier molecular flexibility index (Phi) is 4.71. The average Bonchev–Trinajstić information content (AvgIpc) is 2.98. The number of hydrogen-bond donors (Lipinski definition) is 2. The highest BCUT2D eigenvalue weighted by molar-refractivity contribution is 9.10. The Morgan fingerprint density at radius 3 is 2.65 bits per heavy atom. The Morgan fingerprint density at radius 1 is 1.27 bits per heavy atom. The molecule has 9 heteroatoms. The monoisotopic (exact) mass is 431 g/mol. The van der Waals surface area contributed by atoms with E-state index in [0.717, 1.165) is 10.0 Å². The number of nitriles is 1. The molecule has 3 N–H and O–H groups in total.